The number of benzene rings is 1. The van der Waals surface area contributed by atoms with E-state index >= 15 is 0 Å². The molecule has 0 aromatic heterocycles. The number of aliphatic hydroxyl groups excluding tert-OH is 1. The summed E-state index contributed by atoms with van der Waals surface area (Å²) in [6.07, 6.45) is 5.94. The topological polar surface area (TPSA) is 20.2 Å². The number of hydrogen-bond donors (Lipinski definition) is 1. The van der Waals surface area contributed by atoms with Crippen LogP contribution in [0.25, 0.3) is 0 Å². The van der Waals surface area contributed by atoms with E-state index in [1.54, 1.807) is 5.56 Å². The molecular weight excluding hydrogens is 184 g/mol. The zero-order chi connectivity index (χ0) is 10.7. The summed E-state index contributed by atoms with van der Waals surface area (Å²) in [6, 6.07) is 6.85. The average molecular weight is 204 g/mol. The fourth-order valence-electron chi connectivity index (χ4n) is 2.65. The Morgan fingerprint density at radius 3 is 3.07 bits per heavy atom. The monoisotopic (exact) mass is 204 g/mol. The Balaban J connectivity index is 2.20. The van der Waals surface area contributed by atoms with Crippen LogP contribution in [0.15, 0.2) is 18.2 Å². The lowest BCUT2D eigenvalue weighted by atomic mass is 9.80. The Bertz CT molecular complexity index is 330. The van der Waals surface area contributed by atoms with E-state index in [4.69, 9.17) is 5.11 Å². The molecule has 15 heavy (non-hydrogen) atoms. The second kappa shape index (κ2) is 4.80. The van der Waals surface area contributed by atoms with Crippen LogP contribution in [0, 0.1) is 6.92 Å². The van der Waals surface area contributed by atoms with E-state index in [0.29, 0.717) is 12.5 Å². The molecule has 2 rings (SSSR count). The summed E-state index contributed by atoms with van der Waals surface area (Å²) < 4.78 is 0. The molecule has 1 nitrogen and oxygen atoms in total. The van der Waals surface area contributed by atoms with Crippen LogP contribution in [0.1, 0.15) is 48.3 Å². The first-order valence-electron chi connectivity index (χ1n) is 6.01. The van der Waals surface area contributed by atoms with Gasteiger partial charge in [-0.25, -0.2) is 0 Å². The van der Waals surface area contributed by atoms with Crippen molar-refractivity contribution in [3.8, 4) is 0 Å². The van der Waals surface area contributed by atoms with Gasteiger partial charge in [-0.1, -0.05) is 23.8 Å². The van der Waals surface area contributed by atoms with E-state index in [0.717, 1.165) is 12.8 Å². The van der Waals surface area contributed by atoms with E-state index in [-0.39, 0.29) is 0 Å². The third-order valence-electron chi connectivity index (χ3n) is 3.45. The lowest BCUT2D eigenvalue weighted by Crippen LogP contribution is -2.10. The van der Waals surface area contributed by atoms with E-state index < -0.39 is 0 Å². The fraction of sp³-hybridized carbons (Fsp3) is 0.571. The molecule has 0 aliphatic heterocycles. The molecule has 0 fully saturated rings. The first-order chi connectivity index (χ1) is 7.31. The van der Waals surface area contributed by atoms with Crippen molar-refractivity contribution in [2.24, 2.45) is 0 Å². The average Bonchev–Trinajstić information content (AvgIpc) is 2.26. The van der Waals surface area contributed by atoms with E-state index in [1.807, 2.05) is 0 Å². The molecule has 0 spiro atoms. The summed E-state index contributed by atoms with van der Waals surface area (Å²) in [5, 5.41) is 8.90. The van der Waals surface area contributed by atoms with Gasteiger partial charge in [-0.05, 0) is 56.1 Å². The van der Waals surface area contributed by atoms with Crippen molar-refractivity contribution < 1.29 is 5.11 Å². The number of aliphatic hydroxyl groups is 1. The number of rotatable bonds is 3. The smallest absolute Gasteiger partial charge is 0.0431 e. The molecule has 1 aromatic carbocycles. The number of fused-ring (bicyclic) bond motifs is 1. The van der Waals surface area contributed by atoms with E-state index in [2.05, 4.69) is 25.1 Å². The maximum absolute atomic E-state index is 8.90. The predicted molar refractivity (Wildman–Crippen MR) is 63.2 cm³/mol. The lowest BCUT2D eigenvalue weighted by molar-refractivity contribution is 0.277. The van der Waals surface area contributed by atoms with Gasteiger partial charge in [-0.3, -0.25) is 0 Å². The zero-order valence-electron chi connectivity index (χ0n) is 9.50. The molecule has 0 heterocycles. The van der Waals surface area contributed by atoms with Crippen LogP contribution in [0.3, 0.4) is 0 Å². The molecule has 82 valence electrons. The van der Waals surface area contributed by atoms with Crippen molar-refractivity contribution >= 4 is 0 Å². The van der Waals surface area contributed by atoms with E-state index in [1.165, 1.54) is 30.4 Å². The quantitative estimate of drug-likeness (QED) is 0.801. The van der Waals surface area contributed by atoms with Crippen molar-refractivity contribution in [1.82, 2.24) is 0 Å². The lowest BCUT2D eigenvalue weighted by Gasteiger charge is -2.25. The molecular formula is C14H20O. The SMILES string of the molecule is Cc1ccc2c(c1)C(CCCO)CCC2. The first-order valence-corrected chi connectivity index (χ1v) is 6.01. The van der Waals surface area contributed by atoms with Crippen molar-refractivity contribution in [2.45, 2.75) is 44.9 Å². The van der Waals surface area contributed by atoms with Gasteiger partial charge in [0.2, 0.25) is 0 Å². The molecule has 1 heteroatoms. The van der Waals surface area contributed by atoms with Gasteiger partial charge in [0.25, 0.3) is 0 Å². The molecule has 0 saturated heterocycles. The highest BCUT2D eigenvalue weighted by Crippen LogP contribution is 2.35. The summed E-state index contributed by atoms with van der Waals surface area (Å²) in [6.45, 7) is 2.50. The molecule has 1 atom stereocenters. The van der Waals surface area contributed by atoms with Crippen LogP contribution in [0.2, 0.25) is 0 Å². The third-order valence-corrected chi connectivity index (χ3v) is 3.45. The summed E-state index contributed by atoms with van der Waals surface area (Å²) in [5.74, 6) is 0.695. The largest absolute Gasteiger partial charge is 0.396 e. The molecule has 1 unspecified atom stereocenters. The summed E-state index contributed by atoms with van der Waals surface area (Å²) in [4.78, 5) is 0. The Labute approximate surface area is 92.1 Å². The maximum Gasteiger partial charge on any atom is 0.0431 e. The van der Waals surface area contributed by atoms with Gasteiger partial charge in [0.05, 0.1) is 0 Å². The van der Waals surface area contributed by atoms with Crippen molar-refractivity contribution in [3.63, 3.8) is 0 Å². The summed E-state index contributed by atoms with van der Waals surface area (Å²) in [7, 11) is 0. The molecule has 0 bridgehead atoms. The minimum absolute atomic E-state index is 0.331. The van der Waals surface area contributed by atoms with Gasteiger partial charge in [0.15, 0.2) is 0 Å². The number of hydrogen-bond acceptors (Lipinski definition) is 1. The van der Waals surface area contributed by atoms with Crippen LogP contribution in [0.5, 0.6) is 0 Å². The van der Waals surface area contributed by atoms with Crippen molar-refractivity contribution in [2.75, 3.05) is 6.61 Å². The molecule has 1 aromatic rings. The van der Waals surface area contributed by atoms with Crippen LogP contribution in [-0.4, -0.2) is 11.7 Å². The van der Waals surface area contributed by atoms with Gasteiger partial charge < -0.3 is 5.11 Å². The Morgan fingerprint density at radius 1 is 1.40 bits per heavy atom. The Hall–Kier alpha value is -0.820. The molecule has 1 N–H and O–H groups in total. The molecule has 1 aliphatic carbocycles. The Morgan fingerprint density at radius 2 is 2.27 bits per heavy atom. The van der Waals surface area contributed by atoms with E-state index in [9.17, 15) is 0 Å². The maximum atomic E-state index is 8.90. The summed E-state index contributed by atoms with van der Waals surface area (Å²) in [5.41, 5.74) is 4.45. The second-order valence-corrected chi connectivity index (χ2v) is 4.66. The van der Waals surface area contributed by atoms with Crippen molar-refractivity contribution in [1.29, 1.82) is 0 Å². The molecule has 0 saturated carbocycles. The van der Waals surface area contributed by atoms with Crippen LogP contribution >= 0.6 is 0 Å². The summed E-state index contributed by atoms with van der Waals surface area (Å²) >= 11 is 0. The normalized spacial score (nSPS) is 20.0. The van der Waals surface area contributed by atoms with Crippen LogP contribution in [-0.2, 0) is 6.42 Å². The third kappa shape index (κ3) is 2.40. The highest BCUT2D eigenvalue weighted by atomic mass is 16.2. The Kier molecular flexibility index (Phi) is 3.42. The van der Waals surface area contributed by atoms with Gasteiger partial charge >= 0.3 is 0 Å². The van der Waals surface area contributed by atoms with Gasteiger partial charge in [-0.15, -0.1) is 0 Å². The molecule has 0 radical (unpaired) electrons. The second-order valence-electron chi connectivity index (χ2n) is 4.66. The van der Waals surface area contributed by atoms with Gasteiger partial charge in [-0.2, -0.15) is 0 Å². The minimum Gasteiger partial charge on any atom is -0.396 e. The standard InChI is InChI=1S/C14H20O/c1-11-7-8-13-5-2-4-12(6-3-9-15)14(13)10-11/h7-8,10,12,15H,2-6,9H2,1H3. The van der Waals surface area contributed by atoms with Crippen LogP contribution < -0.4 is 0 Å². The zero-order valence-corrected chi connectivity index (χ0v) is 9.50. The predicted octanol–water partition coefficient (Wildman–Crippen LogP) is 3.19. The molecule has 1 aliphatic rings. The minimum atomic E-state index is 0.331. The fourth-order valence-corrected chi connectivity index (χ4v) is 2.65. The highest BCUT2D eigenvalue weighted by molar-refractivity contribution is 5.36. The van der Waals surface area contributed by atoms with Crippen LogP contribution in [0.4, 0.5) is 0 Å². The van der Waals surface area contributed by atoms with Gasteiger partial charge in [0.1, 0.15) is 0 Å². The van der Waals surface area contributed by atoms with Gasteiger partial charge in [0, 0.05) is 6.61 Å². The number of aryl methyl sites for hydroxylation is 2. The first kappa shape index (κ1) is 10.7. The highest BCUT2D eigenvalue weighted by Gasteiger charge is 2.19. The molecule has 0 amide bonds. The van der Waals surface area contributed by atoms with Crippen molar-refractivity contribution in [3.05, 3.63) is 34.9 Å².